The lowest BCUT2D eigenvalue weighted by Gasteiger charge is -2.49. The second-order valence-electron chi connectivity index (χ2n) is 8.13. The van der Waals surface area contributed by atoms with E-state index >= 15 is 0 Å². The van der Waals surface area contributed by atoms with E-state index in [1.54, 1.807) is 5.38 Å². The Morgan fingerprint density at radius 3 is 2.92 bits per heavy atom. The van der Waals surface area contributed by atoms with Crippen molar-refractivity contribution in [1.82, 2.24) is 19.8 Å². The molecule has 4 N–H and O–H groups in total. The maximum atomic E-state index is 13.1. The van der Waals surface area contributed by atoms with Crippen LogP contribution in [0.1, 0.15) is 11.4 Å². The average Bonchev–Trinajstić information content (AvgIpc) is 3.42. The number of amides is 2. The van der Waals surface area contributed by atoms with Crippen molar-refractivity contribution in [2.24, 2.45) is 5.16 Å². The van der Waals surface area contributed by atoms with Crippen LogP contribution in [0, 0.1) is 6.92 Å². The first-order valence-corrected chi connectivity index (χ1v) is 12.7. The summed E-state index contributed by atoms with van der Waals surface area (Å²) in [7, 11) is 1.29. The largest absolute Gasteiger partial charge is 0.477 e. The number of aryl methyl sites for hydroxylation is 1. The molecule has 186 valence electrons. The second kappa shape index (κ2) is 9.28. The van der Waals surface area contributed by atoms with Gasteiger partial charge in [-0.15, -0.1) is 23.1 Å². The van der Waals surface area contributed by atoms with Crippen molar-refractivity contribution in [3.8, 4) is 0 Å². The molecule has 0 radical (unpaired) electrons. The highest BCUT2D eigenvalue weighted by Gasteiger charge is 2.54. The number of nitrogens with two attached hydrogens (primary N) is 1. The van der Waals surface area contributed by atoms with Crippen molar-refractivity contribution in [1.29, 1.82) is 0 Å². The normalized spacial score (nSPS) is 19.8. The number of thioether (sulfide) groups is 1. The van der Waals surface area contributed by atoms with Crippen molar-refractivity contribution >= 4 is 57.4 Å². The van der Waals surface area contributed by atoms with Gasteiger partial charge in [0, 0.05) is 29.7 Å². The summed E-state index contributed by atoms with van der Waals surface area (Å²) < 4.78 is 3.97. The lowest BCUT2D eigenvalue weighted by molar-refractivity contribution is -0.510. The van der Waals surface area contributed by atoms with Crippen LogP contribution < -0.4 is 15.5 Å². The number of β-lactam (4-membered cyclic amide) rings is 1. The van der Waals surface area contributed by atoms with Crippen LogP contribution in [-0.2, 0) is 25.8 Å². The van der Waals surface area contributed by atoms with E-state index in [0.29, 0.717) is 17.9 Å². The Morgan fingerprint density at radius 2 is 2.22 bits per heavy atom. The van der Waals surface area contributed by atoms with Crippen molar-refractivity contribution in [2.45, 2.75) is 24.9 Å². The fourth-order valence-corrected chi connectivity index (χ4v) is 6.22. The molecule has 0 bridgehead atoms. The Balaban J connectivity index is 1.39. The number of carbonyl (C=O) groups excluding carboxylic acids is 2. The first kappa shape index (κ1) is 23.8. The number of pyridine rings is 1. The Morgan fingerprint density at radius 1 is 1.42 bits per heavy atom. The number of carboxylic acids is 1. The van der Waals surface area contributed by atoms with Gasteiger partial charge in [-0.05, 0) is 6.07 Å². The fourth-order valence-electron chi connectivity index (χ4n) is 4.34. The van der Waals surface area contributed by atoms with Gasteiger partial charge in [0.05, 0.1) is 6.20 Å². The predicted octanol–water partition coefficient (Wildman–Crippen LogP) is 0.363. The second-order valence-corrected chi connectivity index (χ2v) is 10.1. The minimum Gasteiger partial charge on any atom is -0.477 e. The number of carbonyl (C=O) groups is 3. The number of nitrogen functional groups attached to an aromatic ring is 1. The molecule has 2 aliphatic rings. The van der Waals surface area contributed by atoms with Crippen LogP contribution in [0.15, 0.2) is 52.4 Å². The SMILES string of the molecule is CO/N=C(\C(=O)N[C@@H]1C(=O)N2C(C(=O)O)=C(Cn3c(C)c[n+]4ccccc34)CS[C@@H]12)c1csc(N)n1. The summed E-state index contributed by atoms with van der Waals surface area (Å²) in [5, 5.41) is 17.7. The van der Waals surface area contributed by atoms with E-state index in [-0.39, 0.29) is 22.2 Å². The quantitative estimate of drug-likeness (QED) is 0.172. The van der Waals surface area contributed by atoms with Gasteiger partial charge in [0.1, 0.15) is 48.4 Å². The molecule has 5 rings (SSSR count). The number of nitrogens with zero attached hydrogens (tertiary/aromatic N) is 5. The number of imidazole rings is 1. The topological polar surface area (TPSA) is 156 Å². The van der Waals surface area contributed by atoms with Crippen LogP contribution >= 0.6 is 23.1 Å². The van der Waals surface area contributed by atoms with E-state index in [0.717, 1.165) is 22.7 Å². The van der Waals surface area contributed by atoms with E-state index < -0.39 is 29.2 Å². The minimum atomic E-state index is -1.19. The Kier molecular flexibility index (Phi) is 6.14. The van der Waals surface area contributed by atoms with E-state index in [1.165, 1.54) is 23.8 Å². The molecule has 1 saturated heterocycles. The third kappa shape index (κ3) is 3.97. The summed E-state index contributed by atoms with van der Waals surface area (Å²) in [4.78, 5) is 48.3. The molecule has 0 aliphatic carbocycles. The fraction of sp³-hybridized carbons (Fsp3) is 0.273. The molecule has 3 aromatic heterocycles. The maximum absolute atomic E-state index is 13.1. The minimum absolute atomic E-state index is 0.0468. The first-order valence-electron chi connectivity index (χ1n) is 10.8. The highest BCUT2D eigenvalue weighted by molar-refractivity contribution is 8.00. The summed E-state index contributed by atoms with van der Waals surface area (Å²) in [5.41, 5.74) is 8.19. The molecule has 0 unspecified atom stereocenters. The molecule has 14 heteroatoms. The number of aromatic nitrogens is 3. The molecule has 12 nitrogen and oxygen atoms in total. The number of oxime groups is 1. The zero-order chi connectivity index (χ0) is 25.6. The van der Waals surface area contributed by atoms with Gasteiger partial charge in [0.2, 0.25) is 0 Å². The van der Waals surface area contributed by atoms with Crippen LogP contribution in [0.3, 0.4) is 0 Å². The van der Waals surface area contributed by atoms with E-state index in [9.17, 15) is 19.5 Å². The van der Waals surface area contributed by atoms with Crippen molar-refractivity contribution in [3.05, 3.63) is 58.6 Å². The lowest BCUT2D eigenvalue weighted by Crippen LogP contribution is -2.71. The van der Waals surface area contributed by atoms with Crippen LogP contribution in [0.5, 0.6) is 0 Å². The number of carboxylic acid groups (broad SMARTS) is 1. The van der Waals surface area contributed by atoms with E-state index in [4.69, 9.17) is 10.6 Å². The summed E-state index contributed by atoms with van der Waals surface area (Å²) >= 11 is 2.53. The molecule has 2 aliphatic heterocycles. The molecule has 2 amide bonds. The third-order valence-electron chi connectivity index (χ3n) is 5.94. The molecule has 0 aromatic carbocycles. The number of anilines is 1. The number of thiazole rings is 1. The van der Waals surface area contributed by atoms with Gasteiger partial charge >= 0.3 is 5.97 Å². The highest BCUT2D eigenvalue weighted by Crippen LogP contribution is 2.41. The van der Waals surface area contributed by atoms with Crippen LogP contribution in [0.25, 0.3) is 5.65 Å². The number of hydrogen-bond donors (Lipinski definition) is 3. The summed E-state index contributed by atoms with van der Waals surface area (Å²) in [5.74, 6) is -1.97. The predicted molar refractivity (Wildman–Crippen MR) is 132 cm³/mol. The number of hydrogen-bond acceptors (Lipinski definition) is 9. The number of aliphatic carboxylic acids is 1. The molecule has 0 spiro atoms. The zero-order valence-electron chi connectivity index (χ0n) is 19.2. The molecule has 5 heterocycles. The molecule has 3 aromatic rings. The highest BCUT2D eigenvalue weighted by atomic mass is 32.2. The van der Waals surface area contributed by atoms with E-state index in [1.807, 2.05) is 46.5 Å². The molecule has 2 atom stereocenters. The molecule has 1 fully saturated rings. The van der Waals surface area contributed by atoms with Gasteiger partial charge in [-0.2, -0.15) is 0 Å². The van der Waals surface area contributed by atoms with Gasteiger partial charge < -0.3 is 21.0 Å². The van der Waals surface area contributed by atoms with E-state index in [2.05, 4.69) is 15.5 Å². The monoisotopic (exact) mass is 528 g/mol. The van der Waals surface area contributed by atoms with Crippen molar-refractivity contribution < 1.29 is 28.7 Å². The number of rotatable bonds is 7. The van der Waals surface area contributed by atoms with Gasteiger partial charge in [-0.1, -0.05) is 11.2 Å². The Hall–Kier alpha value is -3.91. The lowest BCUT2D eigenvalue weighted by atomic mass is 10.0. The van der Waals surface area contributed by atoms with Gasteiger partial charge in [-0.3, -0.25) is 14.5 Å². The van der Waals surface area contributed by atoms with Gasteiger partial charge in [0.25, 0.3) is 17.5 Å². The third-order valence-corrected chi connectivity index (χ3v) is 7.96. The molecule has 36 heavy (non-hydrogen) atoms. The molecular formula is C22H22N7O5S2+. The summed E-state index contributed by atoms with van der Waals surface area (Å²) in [6.07, 6.45) is 3.88. The van der Waals surface area contributed by atoms with Gasteiger partial charge in [-0.25, -0.2) is 18.7 Å². The first-order chi connectivity index (χ1) is 17.3. The standard InChI is InChI=1S/C22H21N7O5S2/c1-11-7-27-6-4-3-5-14(27)28(11)8-12-9-35-20-16(19(31)29(20)17(12)21(32)33)25-18(30)15(26-34-2)13-10-36-22(23)24-13/h3-7,10,16,20H,8-9H2,1-2H3,(H3-,23,24,25,30,32,33)/p+1/b26-15-/t16-,20+/m1/s1. The average molecular weight is 529 g/mol. The number of nitrogens with one attached hydrogen (secondary N) is 1. The van der Waals surface area contributed by atoms with Crippen LogP contribution in [-0.4, -0.2) is 67.3 Å². The van der Waals surface area contributed by atoms with Crippen LogP contribution in [0.4, 0.5) is 5.13 Å². The smallest absolute Gasteiger partial charge is 0.352 e. The Bertz CT molecular complexity index is 1460. The van der Waals surface area contributed by atoms with Crippen molar-refractivity contribution in [3.63, 3.8) is 0 Å². The Labute approximate surface area is 213 Å². The summed E-state index contributed by atoms with van der Waals surface area (Å²) in [6.45, 7) is 2.27. The van der Waals surface area contributed by atoms with Gasteiger partial charge in [0.15, 0.2) is 10.8 Å². The zero-order valence-corrected chi connectivity index (χ0v) is 20.9. The molecule has 0 saturated carbocycles. The molecular weight excluding hydrogens is 506 g/mol. The summed E-state index contributed by atoms with van der Waals surface area (Å²) in [6, 6.07) is 4.86. The number of fused-ring (bicyclic) bond motifs is 2. The van der Waals surface area contributed by atoms with Crippen molar-refractivity contribution in [2.75, 3.05) is 18.6 Å². The maximum Gasteiger partial charge on any atom is 0.352 e. The van der Waals surface area contributed by atoms with Crippen LogP contribution in [0.2, 0.25) is 0 Å².